The zero-order valence-corrected chi connectivity index (χ0v) is 10.9. The first-order valence-corrected chi connectivity index (χ1v) is 6.73. The van der Waals surface area contributed by atoms with Gasteiger partial charge in [-0.15, -0.1) is 0 Å². The predicted molar refractivity (Wildman–Crippen MR) is 68.2 cm³/mol. The van der Waals surface area contributed by atoms with Gasteiger partial charge in [-0.2, -0.15) is 8.42 Å². The maximum absolute atomic E-state index is 11.3. The zero-order valence-electron chi connectivity index (χ0n) is 10.1. The maximum Gasteiger partial charge on any atom is 0.340 e. The van der Waals surface area contributed by atoms with Crippen molar-refractivity contribution in [3.05, 3.63) is 35.4 Å². The van der Waals surface area contributed by atoms with Crippen LogP contribution in [0.1, 0.15) is 20.7 Å². The SMILES string of the molecule is O=C(O)c1c(O)[c]c2cccc(S(=O)(=O)O)c2c1C(=O)O. The number of carbonyl (C=O) groups is 2. The lowest BCUT2D eigenvalue weighted by molar-refractivity contribution is 0.0650. The average molecular weight is 311 g/mol. The van der Waals surface area contributed by atoms with Crippen molar-refractivity contribution in [1.82, 2.24) is 0 Å². The molecule has 0 amide bonds. The summed E-state index contributed by atoms with van der Waals surface area (Å²) in [6, 6.07) is 5.51. The molecule has 109 valence electrons. The third-order valence-electron chi connectivity index (χ3n) is 2.72. The molecule has 0 aromatic heterocycles. The van der Waals surface area contributed by atoms with Crippen LogP contribution < -0.4 is 0 Å². The Hall–Kier alpha value is -2.65. The van der Waals surface area contributed by atoms with E-state index in [1.54, 1.807) is 0 Å². The van der Waals surface area contributed by atoms with E-state index in [1.807, 2.05) is 0 Å². The van der Waals surface area contributed by atoms with Gasteiger partial charge in [0.2, 0.25) is 0 Å². The maximum atomic E-state index is 11.3. The molecule has 0 aliphatic heterocycles. The van der Waals surface area contributed by atoms with E-state index in [-0.39, 0.29) is 5.39 Å². The molecule has 0 unspecified atom stereocenters. The molecule has 0 aliphatic rings. The van der Waals surface area contributed by atoms with Crippen LogP contribution in [0.4, 0.5) is 0 Å². The fourth-order valence-electron chi connectivity index (χ4n) is 1.96. The quantitative estimate of drug-likeness (QED) is 0.613. The van der Waals surface area contributed by atoms with Crippen molar-refractivity contribution in [3.8, 4) is 5.75 Å². The van der Waals surface area contributed by atoms with Gasteiger partial charge in [0.1, 0.15) is 16.2 Å². The van der Waals surface area contributed by atoms with Crippen LogP contribution in [0.5, 0.6) is 5.75 Å². The summed E-state index contributed by atoms with van der Waals surface area (Å²) >= 11 is 0. The lowest BCUT2D eigenvalue weighted by Crippen LogP contribution is -2.11. The van der Waals surface area contributed by atoms with Gasteiger partial charge in [-0.3, -0.25) is 4.55 Å². The number of fused-ring (bicyclic) bond motifs is 1. The summed E-state index contributed by atoms with van der Waals surface area (Å²) in [7, 11) is -4.80. The second kappa shape index (κ2) is 4.72. The lowest BCUT2D eigenvalue weighted by atomic mass is 9.98. The Morgan fingerprint density at radius 2 is 1.62 bits per heavy atom. The Morgan fingerprint density at radius 1 is 1.05 bits per heavy atom. The van der Waals surface area contributed by atoms with Crippen molar-refractivity contribution >= 4 is 32.8 Å². The molecule has 0 aliphatic carbocycles. The zero-order chi connectivity index (χ0) is 15.9. The first-order valence-electron chi connectivity index (χ1n) is 5.29. The highest BCUT2D eigenvalue weighted by molar-refractivity contribution is 7.86. The van der Waals surface area contributed by atoms with Gasteiger partial charge >= 0.3 is 11.9 Å². The number of carboxylic acids is 2. The van der Waals surface area contributed by atoms with Gasteiger partial charge in [-0.1, -0.05) is 12.1 Å². The molecule has 0 saturated heterocycles. The molecule has 0 bridgehead atoms. The van der Waals surface area contributed by atoms with Crippen LogP contribution in [0.15, 0.2) is 23.1 Å². The predicted octanol–water partition coefficient (Wildman–Crippen LogP) is 0.989. The van der Waals surface area contributed by atoms with Gasteiger partial charge in [0, 0.05) is 11.5 Å². The molecule has 2 rings (SSSR count). The second-order valence-corrected chi connectivity index (χ2v) is 5.38. The number of aromatic hydroxyl groups is 1. The largest absolute Gasteiger partial charge is 0.506 e. The summed E-state index contributed by atoms with van der Waals surface area (Å²) in [5.41, 5.74) is -1.95. The summed E-state index contributed by atoms with van der Waals surface area (Å²) in [6.45, 7) is 0. The third kappa shape index (κ3) is 2.39. The van der Waals surface area contributed by atoms with Gasteiger partial charge in [-0.05, 0) is 11.5 Å². The van der Waals surface area contributed by atoms with Gasteiger partial charge in [0.05, 0.1) is 5.56 Å². The number of rotatable bonds is 3. The van der Waals surface area contributed by atoms with E-state index >= 15 is 0 Å². The fraction of sp³-hybridized carbons (Fsp3) is 0. The Bertz CT molecular complexity index is 882. The average Bonchev–Trinajstić information content (AvgIpc) is 2.34. The molecule has 4 N–H and O–H groups in total. The monoisotopic (exact) mass is 311 g/mol. The second-order valence-electron chi connectivity index (χ2n) is 3.99. The first kappa shape index (κ1) is 14.8. The van der Waals surface area contributed by atoms with Crippen LogP contribution in [-0.4, -0.2) is 40.2 Å². The number of phenols is 1. The molecular formula is C12H7O8S. The van der Waals surface area contributed by atoms with Crippen molar-refractivity contribution < 1.29 is 37.9 Å². The number of benzene rings is 2. The van der Waals surface area contributed by atoms with Gasteiger partial charge in [-0.25, -0.2) is 9.59 Å². The van der Waals surface area contributed by atoms with E-state index in [0.717, 1.165) is 6.07 Å². The van der Waals surface area contributed by atoms with Gasteiger partial charge < -0.3 is 15.3 Å². The van der Waals surface area contributed by atoms with Crippen LogP contribution >= 0.6 is 0 Å². The van der Waals surface area contributed by atoms with Crippen molar-refractivity contribution in [1.29, 1.82) is 0 Å². The highest BCUT2D eigenvalue weighted by Gasteiger charge is 2.28. The molecule has 2 aromatic rings. The lowest BCUT2D eigenvalue weighted by Gasteiger charge is -2.11. The van der Waals surface area contributed by atoms with Gasteiger partial charge in [0.15, 0.2) is 0 Å². The summed E-state index contributed by atoms with van der Waals surface area (Å²) in [5.74, 6) is -4.48. The molecule has 21 heavy (non-hydrogen) atoms. The smallest absolute Gasteiger partial charge is 0.340 e. The van der Waals surface area contributed by atoms with E-state index in [2.05, 4.69) is 6.07 Å². The Balaban J connectivity index is 3.18. The number of hydrogen-bond donors (Lipinski definition) is 4. The fourth-order valence-corrected chi connectivity index (χ4v) is 2.68. The van der Waals surface area contributed by atoms with Crippen LogP contribution in [0.2, 0.25) is 0 Å². The standard InChI is InChI=1S/C12H7O8S/c13-6-4-5-2-1-3-7(21(18,19)20)8(5)10(12(16)17)9(6)11(14)15/h1-3,13H,(H,14,15)(H,16,17)(H,18,19,20). The van der Waals surface area contributed by atoms with E-state index in [1.165, 1.54) is 12.1 Å². The van der Waals surface area contributed by atoms with Crippen LogP contribution in [0, 0.1) is 6.07 Å². The summed E-state index contributed by atoms with van der Waals surface area (Å²) in [6.07, 6.45) is 0. The van der Waals surface area contributed by atoms with E-state index < -0.39 is 49.2 Å². The Kier molecular flexibility index (Phi) is 3.32. The van der Waals surface area contributed by atoms with Crippen molar-refractivity contribution in [3.63, 3.8) is 0 Å². The first-order chi connectivity index (χ1) is 9.64. The summed E-state index contributed by atoms with van der Waals surface area (Å²) in [5, 5.41) is 27.0. The van der Waals surface area contributed by atoms with Crippen molar-refractivity contribution in [2.75, 3.05) is 0 Å². The highest BCUT2D eigenvalue weighted by Crippen LogP contribution is 2.33. The normalized spacial score (nSPS) is 11.5. The van der Waals surface area contributed by atoms with Gasteiger partial charge in [0.25, 0.3) is 10.1 Å². The summed E-state index contributed by atoms with van der Waals surface area (Å²) in [4.78, 5) is 21.6. The Labute approximate surface area is 117 Å². The van der Waals surface area contributed by atoms with Crippen LogP contribution in [-0.2, 0) is 10.1 Å². The number of aromatic carboxylic acids is 2. The molecule has 8 nitrogen and oxygen atoms in total. The minimum atomic E-state index is -4.80. The van der Waals surface area contributed by atoms with Crippen LogP contribution in [0.25, 0.3) is 10.8 Å². The van der Waals surface area contributed by atoms with E-state index in [0.29, 0.717) is 0 Å². The molecule has 0 spiro atoms. The number of hydrogen-bond acceptors (Lipinski definition) is 5. The topological polar surface area (TPSA) is 149 Å². The van der Waals surface area contributed by atoms with Crippen LogP contribution in [0.3, 0.4) is 0 Å². The van der Waals surface area contributed by atoms with Crippen molar-refractivity contribution in [2.24, 2.45) is 0 Å². The van der Waals surface area contributed by atoms with E-state index in [4.69, 9.17) is 14.8 Å². The molecule has 0 atom stereocenters. The minimum absolute atomic E-state index is 0.162. The summed E-state index contributed by atoms with van der Waals surface area (Å²) < 4.78 is 31.8. The Morgan fingerprint density at radius 3 is 2.10 bits per heavy atom. The molecule has 2 aromatic carbocycles. The van der Waals surface area contributed by atoms with E-state index in [9.17, 15) is 23.1 Å². The molecule has 9 heteroatoms. The molecule has 0 saturated carbocycles. The van der Waals surface area contributed by atoms with Crippen molar-refractivity contribution in [2.45, 2.75) is 4.90 Å². The minimum Gasteiger partial charge on any atom is -0.506 e. The molecule has 0 fully saturated rings. The molecular weight excluding hydrogens is 304 g/mol. The highest BCUT2D eigenvalue weighted by atomic mass is 32.2. The molecule has 0 heterocycles. The number of carboxylic acid groups (broad SMARTS) is 2. The molecule has 1 radical (unpaired) electrons. The third-order valence-corrected chi connectivity index (χ3v) is 3.62.